The third-order valence-electron chi connectivity index (χ3n) is 7.84. The average Bonchev–Trinajstić information content (AvgIpc) is 3.20. The molecule has 0 aliphatic rings. The summed E-state index contributed by atoms with van der Waals surface area (Å²) in [6, 6.07) is 21.3. The molecule has 0 aliphatic carbocycles. The molecule has 310 valence electrons. The maximum absolute atomic E-state index is 12.6. The SMILES string of the molecule is Cc1ccc(Oc2nc(NCCO)nc(Nc3ccc(C#Cc4ccc(Nc5nc(NCCO)nc(Oc6ccc(C)cc6)n5)cc4S(=O)(=O)O)c(S(=O)(=O)O)c3)n2)cc1. The predicted molar refractivity (Wildman–Crippen MR) is 218 cm³/mol. The molecule has 20 nitrogen and oxygen atoms in total. The van der Waals surface area contributed by atoms with Gasteiger partial charge in [0.25, 0.3) is 20.2 Å². The lowest BCUT2D eigenvalue weighted by atomic mass is 10.1. The Morgan fingerprint density at radius 3 is 1.25 bits per heavy atom. The Labute approximate surface area is 343 Å². The van der Waals surface area contributed by atoms with E-state index in [1.165, 1.54) is 24.3 Å². The maximum atomic E-state index is 12.6. The highest BCUT2D eigenvalue weighted by Gasteiger charge is 2.19. The van der Waals surface area contributed by atoms with Crippen molar-refractivity contribution < 1.29 is 45.6 Å². The van der Waals surface area contributed by atoms with Gasteiger partial charge in [0, 0.05) is 35.6 Å². The van der Waals surface area contributed by atoms with Gasteiger partial charge in [0.15, 0.2) is 0 Å². The Balaban J connectivity index is 1.28. The van der Waals surface area contributed by atoms with E-state index in [-0.39, 0.29) is 84.6 Å². The van der Waals surface area contributed by atoms with Crippen LogP contribution in [0.4, 0.5) is 35.2 Å². The summed E-state index contributed by atoms with van der Waals surface area (Å²) in [4.78, 5) is 24.0. The lowest BCUT2D eigenvalue weighted by molar-refractivity contribution is 0.310. The van der Waals surface area contributed by atoms with E-state index in [1.54, 1.807) is 24.3 Å². The van der Waals surface area contributed by atoms with Crippen LogP contribution in [0.5, 0.6) is 23.5 Å². The van der Waals surface area contributed by atoms with E-state index in [4.69, 9.17) is 9.47 Å². The molecule has 0 unspecified atom stereocenters. The standard InChI is InChI=1S/C38H36N10O10S2/c1-23-3-13-29(14-4-23)57-37-45-33(39-17-19-49)43-35(47-37)41-27-11-9-25(31(21-27)59(51,52)53)7-8-26-10-12-28(22-32(26)60(54,55)56)42-36-44-34(40-18-20-50)46-38(48-36)58-30-15-5-24(2)6-16-30/h3-6,9-16,21-22,49-50H,17-20H2,1-2H3,(H,51,52,53)(H,54,55,56)(H2,39,41,43,45,47)(H2,40,42,44,46,48). The Morgan fingerprint density at radius 1 is 0.533 bits per heavy atom. The number of ether oxygens (including phenoxy) is 2. The molecule has 6 aromatic rings. The molecule has 0 aliphatic heterocycles. The summed E-state index contributed by atoms with van der Waals surface area (Å²) in [5.74, 6) is 5.83. The fourth-order valence-corrected chi connectivity index (χ4v) is 6.41. The van der Waals surface area contributed by atoms with Gasteiger partial charge in [0.2, 0.25) is 23.8 Å². The first-order valence-electron chi connectivity index (χ1n) is 17.6. The molecule has 0 amide bonds. The van der Waals surface area contributed by atoms with Crippen LogP contribution in [0, 0.1) is 25.7 Å². The van der Waals surface area contributed by atoms with Crippen LogP contribution in [0.3, 0.4) is 0 Å². The van der Waals surface area contributed by atoms with Crippen LogP contribution in [-0.4, -0.2) is 92.4 Å². The number of benzene rings is 4. The zero-order valence-corrected chi connectivity index (χ0v) is 33.3. The average molecular weight is 857 g/mol. The van der Waals surface area contributed by atoms with Crippen LogP contribution in [0.1, 0.15) is 22.3 Å². The number of hydrogen-bond donors (Lipinski definition) is 8. The van der Waals surface area contributed by atoms with Crippen molar-refractivity contribution in [2.24, 2.45) is 0 Å². The highest BCUT2D eigenvalue weighted by Crippen LogP contribution is 2.28. The van der Waals surface area contributed by atoms with E-state index in [1.807, 2.05) is 38.1 Å². The van der Waals surface area contributed by atoms with Crippen LogP contribution >= 0.6 is 0 Å². The minimum atomic E-state index is -4.93. The Hall–Kier alpha value is -7.00. The number of nitrogens with zero attached hydrogens (tertiary/aromatic N) is 6. The minimum absolute atomic E-state index is 0.0296. The second kappa shape index (κ2) is 18.7. The number of nitrogens with one attached hydrogen (secondary N) is 4. The fraction of sp³-hybridized carbons (Fsp3) is 0.158. The summed E-state index contributed by atoms with van der Waals surface area (Å²) in [5.41, 5.74) is 1.71. The third kappa shape index (κ3) is 11.8. The smallest absolute Gasteiger partial charge is 0.328 e. The monoisotopic (exact) mass is 856 g/mol. The van der Waals surface area contributed by atoms with E-state index in [0.29, 0.717) is 11.5 Å². The normalized spacial score (nSPS) is 11.2. The van der Waals surface area contributed by atoms with E-state index in [9.17, 15) is 36.2 Å². The molecule has 0 fully saturated rings. The summed E-state index contributed by atoms with van der Waals surface area (Å²) >= 11 is 0. The summed E-state index contributed by atoms with van der Waals surface area (Å²) in [7, 11) is -9.85. The molecule has 6 rings (SSSR count). The molecule has 0 saturated heterocycles. The van der Waals surface area contributed by atoms with Gasteiger partial charge < -0.3 is 41.0 Å². The lowest BCUT2D eigenvalue weighted by Gasteiger charge is -2.12. The molecule has 0 radical (unpaired) electrons. The zero-order valence-electron chi connectivity index (χ0n) is 31.6. The van der Waals surface area contributed by atoms with Gasteiger partial charge in [-0.1, -0.05) is 47.2 Å². The number of aryl methyl sites for hydroxylation is 2. The maximum Gasteiger partial charge on any atom is 0.328 e. The van der Waals surface area contributed by atoms with Gasteiger partial charge in [-0.2, -0.15) is 46.7 Å². The molecule has 22 heteroatoms. The van der Waals surface area contributed by atoms with Gasteiger partial charge in [0.05, 0.1) is 13.2 Å². The van der Waals surface area contributed by atoms with Crippen LogP contribution in [0.2, 0.25) is 0 Å². The topological polar surface area (TPSA) is 293 Å². The molecule has 4 aromatic carbocycles. The van der Waals surface area contributed by atoms with Gasteiger partial charge in [-0.25, -0.2) is 0 Å². The van der Waals surface area contributed by atoms with Gasteiger partial charge in [-0.05, 0) is 74.5 Å². The molecule has 60 heavy (non-hydrogen) atoms. The first-order chi connectivity index (χ1) is 28.6. The number of anilines is 6. The Kier molecular flexibility index (Phi) is 13.3. The van der Waals surface area contributed by atoms with Gasteiger partial charge in [0.1, 0.15) is 21.3 Å². The van der Waals surface area contributed by atoms with Crippen molar-refractivity contribution in [2.45, 2.75) is 23.6 Å². The summed E-state index contributed by atoms with van der Waals surface area (Å²) < 4.78 is 82.1. The van der Waals surface area contributed by atoms with Crippen molar-refractivity contribution in [1.29, 1.82) is 0 Å². The molecule has 0 atom stereocenters. The predicted octanol–water partition coefficient (Wildman–Crippen LogP) is 4.45. The molecule has 2 heterocycles. The van der Waals surface area contributed by atoms with Crippen molar-refractivity contribution >= 4 is 55.4 Å². The fourth-order valence-electron chi connectivity index (χ4n) is 5.06. The van der Waals surface area contributed by atoms with Crippen molar-refractivity contribution in [2.75, 3.05) is 47.6 Å². The number of aromatic nitrogens is 6. The molecular weight excluding hydrogens is 821 g/mol. The van der Waals surface area contributed by atoms with Crippen molar-refractivity contribution in [3.63, 3.8) is 0 Å². The number of aliphatic hydroxyl groups is 2. The van der Waals surface area contributed by atoms with Crippen molar-refractivity contribution in [3.05, 3.63) is 107 Å². The number of aliphatic hydroxyl groups excluding tert-OH is 2. The number of hydrogen-bond acceptors (Lipinski definition) is 18. The third-order valence-corrected chi connectivity index (χ3v) is 9.63. The Bertz CT molecular complexity index is 2600. The summed E-state index contributed by atoms with van der Waals surface area (Å²) in [6.45, 7) is 3.56. The molecular formula is C38H36N10O10S2. The highest BCUT2D eigenvalue weighted by atomic mass is 32.2. The quantitative estimate of drug-likeness (QED) is 0.0493. The molecule has 2 aromatic heterocycles. The van der Waals surface area contributed by atoms with Gasteiger partial charge >= 0.3 is 12.0 Å². The van der Waals surface area contributed by atoms with Crippen LogP contribution < -0.4 is 30.7 Å². The molecule has 0 spiro atoms. The second-order valence-electron chi connectivity index (χ2n) is 12.5. The molecule has 8 N–H and O–H groups in total. The van der Waals surface area contributed by atoms with E-state index in [0.717, 1.165) is 23.3 Å². The second-order valence-corrected chi connectivity index (χ2v) is 15.3. The summed E-state index contributed by atoms with van der Waals surface area (Å²) in [5, 5.41) is 29.8. The molecule has 0 saturated carbocycles. The van der Waals surface area contributed by atoms with Crippen molar-refractivity contribution in [3.8, 4) is 35.4 Å². The van der Waals surface area contributed by atoms with Crippen LogP contribution in [0.15, 0.2) is 94.7 Å². The van der Waals surface area contributed by atoms with Crippen molar-refractivity contribution in [1.82, 2.24) is 29.9 Å². The lowest BCUT2D eigenvalue weighted by Crippen LogP contribution is -2.11. The van der Waals surface area contributed by atoms with E-state index >= 15 is 0 Å². The first kappa shape index (κ1) is 42.6. The van der Waals surface area contributed by atoms with Gasteiger partial charge in [-0.3, -0.25) is 9.11 Å². The van der Waals surface area contributed by atoms with E-state index in [2.05, 4.69) is 63.0 Å². The summed E-state index contributed by atoms with van der Waals surface area (Å²) in [6.07, 6.45) is 0. The highest BCUT2D eigenvalue weighted by molar-refractivity contribution is 7.86. The minimum Gasteiger partial charge on any atom is -0.424 e. The molecule has 0 bridgehead atoms. The zero-order chi connectivity index (χ0) is 42.9. The van der Waals surface area contributed by atoms with Gasteiger partial charge in [-0.15, -0.1) is 0 Å². The Morgan fingerprint density at radius 2 is 0.900 bits per heavy atom. The van der Waals surface area contributed by atoms with Crippen LogP contribution in [0.25, 0.3) is 0 Å². The largest absolute Gasteiger partial charge is 0.424 e. The number of rotatable bonds is 16. The van der Waals surface area contributed by atoms with E-state index < -0.39 is 30.0 Å². The van der Waals surface area contributed by atoms with Crippen LogP contribution in [-0.2, 0) is 20.2 Å². The first-order valence-corrected chi connectivity index (χ1v) is 20.5.